The van der Waals surface area contributed by atoms with Gasteiger partial charge in [0.25, 0.3) is 0 Å². The lowest BCUT2D eigenvalue weighted by atomic mass is 10.2. The van der Waals surface area contributed by atoms with E-state index < -0.39 is 17.5 Å². The maximum Gasteiger partial charge on any atom is 0.312 e. The van der Waals surface area contributed by atoms with Crippen LogP contribution in [0, 0.1) is 9.39 Å². The summed E-state index contributed by atoms with van der Waals surface area (Å²) in [6.45, 7) is 4.06. The van der Waals surface area contributed by atoms with Gasteiger partial charge in [0, 0.05) is 15.2 Å². The van der Waals surface area contributed by atoms with Crippen molar-refractivity contribution in [3.63, 3.8) is 0 Å². The number of ether oxygens (including phenoxy) is 2. The zero-order valence-electron chi connectivity index (χ0n) is 16.2. The van der Waals surface area contributed by atoms with Crippen LogP contribution in [0.4, 0.5) is 15.8 Å². The molecule has 3 heterocycles. The van der Waals surface area contributed by atoms with Crippen LogP contribution in [-0.2, 0) is 14.3 Å². The first-order valence-electron chi connectivity index (χ1n) is 9.15. The fraction of sp³-hybridized carbons (Fsp3) is 0.300. The summed E-state index contributed by atoms with van der Waals surface area (Å²) in [6.07, 6.45) is 2.73. The second-order valence-corrected chi connectivity index (χ2v) is 8.37. The van der Waals surface area contributed by atoms with E-state index in [1.54, 1.807) is 38.2 Å². The third-order valence-electron chi connectivity index (χ3n) is 4.39. The molecule has 8 nitrogen and oxygen atoms in total. The van der Waals surface area contributed by atoms with E-state index >= 15 is 0 Å². The van der Waals surface area contributed by atoms with Crippen molar-refractivity contribution in [1.82, 2.24) is 10.5 Å². The Kier molecular flexibility index (Phi) is 5.91. The van der Waals surface area contributed by atoms with E-state index in [0.717, 1.165) is 3.57 Å². The van der Waals surface area contributed by atoms with Crippen LogP contribution in [0.3, 0.4) is 0 Å². The summed E-state index contributed by atoms with van der Waals surface area (Å²) in [5.74, 6) is -1.81. The first-order chi connectivity index (χ1) is 14.3. The Morgan fingerprint density at radius 2 is 2.23 bits per heavy atom. The van der Waals surface area contributed by atoms with Crippen molar-refractivity contribution in [3.8, 4) is 0 Å². The summed E-state index contributed by atoms with van der Waals surface area (Å²) < 4.78 is 31.8. The summed E-state index contributed by atoms with van der Waals surface area (Å²) in [7, 11) is 0. The Morgan fingerprint density at radius 3 is 2.97 bits per heavy atom. The van der Waals surface area contributed by atoms with E-state index in [2.05, 4.69) is 15.8 Å². The van der Waals surface area contributed by atoms with Crippen LogP contribution in [0.2, 0.25) is 0 Å². The van der Waals surface area contributed by atoms with Crippen LogP contribution in [0.1, 0.15) is 24.4 Å². The van der Waals surface area contributed by atoms with Gasteiger partial charge in [-0.15, -0.1) is 0 Å². The van der Waals surface area contributed by atoms with Gasteiger partial charge in [0.15, 0.2) is 11.4 Å². The number of carbonyl (C=O) groups excluding carboxylic acids is 1. The highest BCUT2D eigenvalue weighted by Crippen LogP contribution is 2.34. The van der Waals surface area contributed by atoms with Crippen LogP contribution in [0.25, 0.3) is 11.0 Å². The van der Waals surface area contributed by atoms with Crippen molar-refractivity contribution in [2.45, 2.75) is 25.7 Å². The van der Waals surface area contributed by atoms with Gasteiger partial charge in [0.2, 0.25) is 5.76 Å². The average molecular weight is 527 g/mol. The monoisotopic (exact) mass is 527 g/mol. The number of hydrogen-bond donors (Lipinski definition) is 2. The molecule has 1 aromatic carbocycles. The molecule has 3 aromatic rings. The number of hydroxylamine groups is 1. The number of amides is 1. The van der Waals surface area contributed by atoms with E-state index in [1.165, 1.54) is 12.3 Å². The van der Waals surface area contributed by atoms with E-state index in [9.17, 15) is 9.18 Å². The van der Waals surface area contributed by atoms with Crippen molar-refractivity contribution in [2.24, 2.45) is 0 Å². The van der Waals surface area contributed by atoms with Gasteiger partial charge in [-0.25, -0.2) is 9.87 Å². The molecule has 2 N–H and O–H groups in total. The lowest BCUT2D eigenvalue weighted by Gasteiger charge is -2.16. The lowest BCUT2D eigenvalue weighted by Crippen LogP contribution is -2.30. The molecule has 0 spiro atoms. The largest absolute Gasteiger partial charge is 0.447 e. The fourth-order valence-electron chi connectivity index (χ4n) is 3.05. The molecule has 1 aliphatic rings. The van der Waals surface area contributed by atoms with Gasteiger partial charge in [-0.1, -0.05) is 0 Å². The molecule has 0 saturated carbocycles. The number of nitrogens with one attached hydrogen (secondary N) is 2. The number of halogens is 2. The average Bonchev–Trinajstić information content (AvgIpc) is 3.24. The molecule has 0 bridgehead atoms. The van der Waals surface area contributed by atoms with Gasteiger partial charge in [-0.3, -0.25) is 14.6 Å². The zero-order valence-corrected chi connectivity index (χ0v) is 18.4. The molecule has 1 amide bonds. The second kappa shape index (κ2) is 8.46. The standard InChI is InChI=1S/C20H19FIN3O5/c1-20(2)27-9-12(30-20)10-28-25-19(26)18-17(13-5-6-23-8-16(13)29-18)24-15-4-3-11(22)7-14(15)21/h3-8,12,24H,9-10H2,1-2H3,(H,25,26)/t12-/m1/s1. The van der Waals surface area contributed by atoms with E-state index in [0.29, 0.717) is 23.3 Å². The highest BCUT2D eigenvalue weighted by Gasteiger charge is 2.33. The van der Waals surface area contributed by atoms with Crippen LogP contribution >= 0.6 is 22.6 Å². The van der Waals surface area contributed by atoms with Crippen LogP contribution in [0.5, 0.6) is 0 Å². The molecule has 1 saturated heterocycles. The van der Waals surface area contributed by atoms with Gasteiger partial charge in [0.1, 0.15) is 18.5 Å². The van der Waals surface area contributed by atoms with Crippen molar-refractivity contribution in [2.75, 3.05) is 18.5 Å². The van der Waals surface area contributed by atoms with Gasteiger partial charge in [-0.2, -0.15) is 0 Å². The van der Waals surface area contributed by atoms with Gasteiger partial charge >= 0.3 is 5.91 Å². The fourth-order valence-corrected chi connectivity index (χ4v) is 3.51. The van der Waals surface area contributed by atoms with Gasteiger partial charge < -0.3 is 19.2 Å². The molecular weight excluding hydrogens is 508 g/mol. The minimum atomic E-state index is -0.682. The Labute approximate surface area is 185 Å². The number of carbonyl (C=O) groups is 1. The molecule has 10 heteroatoms. The maximum absolute atomic E-state index is 14.4. The molecule has 1 fully saturated rings. The first-order valence-corrected chi connectivity index (χ1v) is 10.2. The molecule has 0 aliphatic carbocycles. The Morgan fingerprint density at radius 1 is 1.40 bits per heavy atom. The minimum absolute atomic E-state index is 0.0557. The van der Waals surface area contributed by atoms with Gasteiger partial charge in [0.05, 0.1) is 24.2 Å². The maximum atomic E-state index is 14.4. The molecule has 2 aromatic heterocycles. The highest BCUT2D eigenvalue weighted by atomic mass is 127. The van der Waals surface area contributed by atoms with Crippen molar-refractivity contribution < 1.29 is 27.9 Å². The number of anilines is 2. The Balaban J connectivity index is 1.53. The third kappa shape index (κ3) is 4.56. The molecular formula is C20H19FIN3O5. The topological polar surface area (TPSA) is 94.9 Å². The number of pyridine rings is 1. The van der Waals surface area contributed by atoms with E-state index in [1.807, 2.05) is 22.6 Å². The van der Waals surface area contributed by atoms with Crippen molar-refractivity contribution >= 4 is 50.8 Å². The van der Waals surface area contributed by atoms with E-state index in [4.69, 9.17) is 18.7 Å². The van der Waals surface area contributed by atoms with Crippen LogP contribution in [-0.4, -0.2) is 36.0 Å². The van der Waals surface area contributed by atoms with Crippen molar-refractivity contribution in [3.05, 3.63) is 51.8 Å². The summed E-state index contributed by atoms with van der Waals surface area (Å²) in [6, 6.07) is 6.41. The number of furan rings is 1. The molecule has 30 heavy (non-hydrogen) atoms. The zero-order chi connectivity index (χ0) is 21.3. The Bertz CT molecular complexity index is 1090. The highest BCUT2D eigenvalue weighted by molar-refractivity contribution is 14.1. The molecule has 4 rings (SSSR count). The normalized spacial score (nSPS) is 17.9. The number of fused-ring (bicyclic) bond motifs is 1. The summed E-state index contributed by atoms with van der Waals surface area (Å²) in [5, 5.41) is 3.54. The molecule has 0 radical (unpaired) electrons. The molecule has 0 unspecified atom stereocenters. The number of nitrogens with zero attached hydrogens (tertiary/aromatic N) is 1. The van der Waals surface area contributed by atoms with Crippen molar-refractivity contribution in [1.29, 1.82) is 0 Å². The number of benzene rings is 1. The lowest BCUT2D eigenvalue weighted by molar-refractivity contribution is -0.147. The molecule has 1 aliphatic heterocycles. The smallest absolute Gasteiger partial charge is 0.312 e. The number of hydrogen-bond acceptors (Lipinski definition) is 7. The SMILES string of the molecule is CC1(C)OC[C@H](CONC(=O)c2oc3cnccc3c2Nc2ccc(I)cc2F)O1. The summed E-state index contributed by atoms with van der Waals surface area (Å²) >= 11 is 2.02. The number of aromatic nitrogens is 1. The molecule has 158 valence electrons. The third-order valence-corrected chi connectivity index (χ3v) is 5.06. The summed E-state index contributed by atoms with van der Waals surface area (Å²) in [5.41, 5.74) is 3.25. The quantitative estimate of drug-likeness (QED) is 0.368. The van der Waals surface area contributed by atoms with Crippen LogP contribution < -0.4 is 10.8 Å². The summed E-state index contributed by atoms with van der Waals surface area (Å²) in [4.78, 5) is 22.0. The number of rotatable bonds is 6. The van der Waals surface area contributed by atoms with Crippen LogP contribution in [0.15, 0.2) is 41.1 Å². The molecule has 1 atom stereocenters. The predicted octanol–water partition coefficient (Wildman–Crippen LogP) is 4.13. The second-order valence-electron chi connectivity index (χ2n) is 7.12. The predicted molar refractivity (Wildman–Crippen MR) is 115 cm³/mol. The van der Waals surface area contributed by atoms with E-state index in [-0.39, 0.29) is 24.2 Å². The minimum Gasteiger partial charge on any atom is -0.447 e. The van der Waals surface area contributed by atoms with Gasteiger partial charge in [-0.05, 0) is 60.7 Å². The first kappa shape index (κ1) is 21.0. The Hall–Kier alpha value is -2.28.